The van der Waals surface area contributed by atoms with E-state index in [2.05, 4.69) is 5.16 Å². The van der Waals surface area contributed by atoms with Crippen molar-refractivity contribution in [3.8, 4) is 6.07 Å². The van der Waals surface area contributed by atoms with Crippen molar-refractivity contribution in [2.24, 2.45) is 5.16 Å². The molecule has 0 aliphatic heterocycles. The summed E-state index contributed by atoms with van der Waals surface area (Å²) in [6.45, 7) is 1.80. The molecule has 4 heteroatoms. The lowest BCUT2D eigenvalue weighted by Gasteiger charge is -2.02. The first kappa shape index (κ1) is 9.56. The summed E-state index contributed by atoms with van der Waals surface area (Å²) < 4.78 is 0. The highest BCUT2D eigenvalue weighted by molar-refractivity contribution is 6.33. The van der Waals surface area contributed by atoms with Crippen LogP contribution in [0.2, 0.25) is 5.02 Å². The van der Waals surface area contributed by atoms with Gasteiger partial charge < -0.3 is 5.21 Å². The van der Waals surface area contributed by atoms with Crippen LogP contribution in [-0.4, -0.2) is 11.4 Å². The average Bonchev–Trinajstić information content (AvgIpc) is 2.11. The van der Waals surface area contributed by atoms with Crippen molar-refractivity contribution >= 4 is 17.8 Å². The van der Waals surface area contributed by atoms with E-state index in [1.165, 1.54) is 12.3 Å². The maximum absolute atomic E-state index is 8.62. The molecular weight excluding hydrogens is 188 g/mol. The van der Waals surface area contributed by atoms with Crippen LogP contribution in [0.3, 0.4) is 0 Å². The summed E-state index contributed by atoms with van der Waals surface area (Å²) in [6.07, 6.45) is 1.25. The third-order valence-corrected chi connectivity index (χ3v) is 1.97. The minimum atomic E-state index is 0.411. The molecule has 0 saturated carbocycles. The topological polar surface area (TPSA) is 56.4 Å². The zero-order valence-electron chi connectivity index (χ0n) is 6.95. The van der Waals surface area contributed by atoms with Crippen LogP contribution in [0.1, 0.15) is 16.7 Å². The van der Waals surface area contributed by atoms with Crippen LogP contribution in [-0.2, 0) is 0 Å². The van der Waals surface area contributed by atoms with Crippen molar-refractivity contribution in [1.29, 1.82) is 5.26 Å². The van der Waals surface area contributed by atoms with E-state index in [9.17, 15) is 0 Å². The van der Waals surface area contributed by atoms with E-state index in [4.69, 9.17) is 22.1 Å². The smallest absolute Gasteiger partial charge is 0.0992 e. The Hall–Kier alpha value is -1.53. The van der Waals surface area contributed by atoms with Gasteiger partial charge in [0, 0.05) is 5.56 Å². The fourth-order valence-electron chi connectivity index (χ4n) is 1.04. The summed E-state index contributed by atoms with van der Waals surface area (Å²) in [5.74, 6) is 0. The highest BCUT2D eigenvalue weighted by atomic mass is 35.5. The van der Waals surface area contributed by atoms with Crippen LogP contribution in [0.5, 0.6) is 0 Å². The quantitative estimate of drug-likeness (QED) is 0.424. The Balaban J connectivity index is 3.33. The number of rotatable bonds is 1. The molecule has 3 nitrogen and oxygen atoms in total. The first-order valence-corrected chi connectivity index (χ1v) is 3.94. The molecule has 13 heavy (non-hydrogen) atoms. The highest BCUT2D eigenvalue weighted by Crippen LogP contribution is 2.20. The zero-order chi connectivity index (χ0) is 9.84. The highest BCUT2D eigenvalue weighted by Gasteiger charge is 2.04. The first-order valence-electron chi connectivity index (χ1n) is 3.56. The first-order chi connectivity index (χ1) is 6.19. The van der Waals surface area contributed by atoms with Crippen LogP contribution in [0.25, 0.3) is 0 Å². The van der Waals surface area contributed by atoms with Crippen molar-refractivity contribution in [1.82, 2.24) is 0 Å². The standard InChI is InChI=1S/C9H7ClN2O/c1-6-2-7(4-11)3-9(10)8(6)5-12-13/h2-3,5,13H,1H3/b12-5+. The van der Waals surface area contributed by atoms with Crippen LogP contribution < -0.4 is 0 Å². The summed E-state index contributed by atoms with van der Waals surface area (Å²) in [5.41, 5.74) is 1.93. The number of hydrogen-bond acceptors (Lipinski definition) is 3. The molecule has 0 atom stereocenters. The summed E-state index contributed by atoms with van der Waals surface area (Å²) in [5, 5.41) is 20.3. The monoisotopic (exact) mass is 194 g/mol. The second-order valence-corrected chi connectivity index (χ2v) is 2.95. The Morgan fingerprint density at radius 1 is 1.62 bits per heavy atom. The molecule has 0 aliphatic carbocycles. The Morgan fingerprint density at radius 3 is 2.77 bits per heavy atom. The molecule has 0 aliphatic rings. The lowest BCUT2D eigenvalue weighted by atomic mass is 10.1. The van der Waals surface area contributed by atoms with Crippen LogP contribution >= 0.6 is 11.6 Å². The summed E-state index contributed by atoms with van der Waals surface area (Å²) in [6, 6.07) is 5.20. The van der Waals surface area contributed by atoms with Gasteiger partial charge in [-0.25, -0.2) is 0 Å². The summed E-state index contributed by atoms with van der Waals surface area (Å²) in [4.78, 5) is 0. The maximum Gasteiger partial charge on any atom is 0.0992 e. The molecular formula is C9H7ClN2O. The van der Waals surface area contributed by atoms with Crippen molar-refractivity contribution < 1.29 is 5.21 Å². The molecule has 0 bridgehead atoms. The molecule has 0 heterocycles. The zero-order valence-corrected chi connectivity index (χ0v) is 7.71. The van der Waals surface area contributed by atoms with Gasteiger partial charge in [-0.15, -0.1) is 0 Å². The number of aryl methyl sites for hydroxylation is 1. The number of nitrogens with zero attached hydrogens (tertiary/aromatic N) is 2. The van der Waals surface area contributed by atoms with Crippen LogP contribution in [0, 0.1) is 18.3 Å². The molecule has 0 spiro atoms. The molecule has 1 aromatic carbocycles. The van der Waals surface area contributed by atoms with E-state index in [1.807, 2.05) is 6.07 Å². The van der Waals surface area contributed by atoms with E-state index in [0.29, 0.717) is 16.1 Å². The molecule has 1 aromatic rings. The Morgan fingerprint density at radius 2 is 2.31 bits per heavy atom. The van der Waals surface area contributed by atoms with Gasteiger partial charge in [-0.2, -0.15) is 5.26 Å². The van der Waals surface area contributed by atoms with E-state index in [-0.39, 0.29) is 0 Å². The minimum absolute atomic E-state index is 0.411. The van der Waals surface area contributed by atoms with Crippen molar-refractivity contribution in [2.45, 2.75) is 6.92 Å². The fraction of sp³-hybridized carbons (Fsp3) is 0.111. The Labute approximate surface area is 80.9 Å². The largest absolute Gasteiger partial charge is 0.411 e. The van der Waals surface area contributed by atoms with Crippen LogP contribution in [0.15, 0.2) is 17.3 Å². The van der Waals surface area contributed by atoms with Crippen molar-refractivity contribution in [3.63, 3.8) is 0 Å². The van der Waals surface area contributed by atoms with Gasteiger partial charge in [0.25, 0.3) is 0 Å². The van der Waals surface area contributed by atoms with Gasteiger partial charge in [0.1, 0.15) is 0 Å². The molecule has 66 valence electrons. The van der Waals surface area contributed by atoms with E-state index in [0.717, 1.165) is 5.56 Å². The van der Waals surface area contributed by atoms with Crippen molar-refractivity contribution in [3.05, 3.63) is 33.8 Å². The molecule has 0 radical (unpaired) electrons. The van der Waals surface area contributed by atoms with E-state index >= 15 is 0 Å². The van der Waals surface area contributed by atoms with Crippen molar-refractivity contribution in [2.75, 3.05) is 0 Å². The van der Waals surface area contributed by atoms with Gasteiger partial charge in [0.05, 0.1) is 22.9 Å². The molecule has 0 unspecified atom stereocenters. The number of oxime groups is 1. The number of nitriles is 1. The number of hydrogen-bond donors (Lipinski definition) is 1. The van der Waals surface area contributed by atoms with Gasteiger partial charge in [-0.3, -0.25) is 0 Å². The second-order valence-electron chi connectivity index (χ2n) is 2.55. The normalized spacial score (nSPS) is 10.2. The lowest BCUT2D eigenvalue weighted by Crippen LogP contribution is -1.90. The summed E-state index contributed by atoms with van der Waals surface area (Å²) in [7, 11) is 0. The third-order valence-electron chi connectivity index (χ3n) is 1.65. The lowest BCUT2D eigenvalue weighted by molar-refractivity contribution is 0.322. The maximum atomic E-state index is 8.62. The van der Waals surface area contributed by atoms with E-state index < -0.39 is 0 Å². The molecule has 1 rings (SSSR count). The van der Waals surface area contributed by atoms with Crippen LogP contribution in [0.4, 0.5) is 0 Å². The second kappa shape index (κ2) is 3.92. The van der Waals surface area contributed by atoms with Gasteiger partial charge in [-0.1, -0.05) is 16.8 Å². The SMILES string of the molecule is Cc1cc(C#N)cc(Cl)c1/C=N/O. The predicted octanol–water partition coefficient (Wildman–Crippen LogP) is 2.33. The molecule has 1 N–H and O–H groups in total. The number of benzene rings is 1. The average molecular weight is 195 g/mol. The molecule has 0 amide bonds. The van der Waals surface area contributed by atoms with Gasteiger partial charge in [0.2, 0.25) is 0 Å². The minimum Gasteiger partial charge on any atom is -0.411 e. The van der Waals surface area contributed by atoms with Gasteiger partial charge >= 0.3 is 0 Å². The number of halogens is 1. The molecule has 0 saturated heterocycles. The summed E-state index contributed by atoms with van der Waals surface area (Å²) >= 11 is 5.84. The predicted molar refractivity (Wildman–Crippen MR) is 50.3 cm³/mol. The van der Waals surface area contributed by atoms with E-state index in [1.54, 1.807) is 13.0 Å². The van der Waals surface area contributed by atoms with Gasteiger partial charge in [0.15, 0.2) is 0 Å². The molecule has 0 aromatic heterocycles. The Kier molecular flexibility index (Phi) is 2.88. The molecule has 0 fully saturated rings. The fourth-order valence-corrected chi connectivity index (χ4v) is 1.36. The Bertz CT molecular complexity index is 370. The third kappa shape index (κ3) is 1.98. The van der Waals surface area contributed by atoms with Gasteiger partial charge in [-0.05, 0) is 24.6 Å².